The maximum atomic E-state index is 5.66. The van der Waals surface area contributed by atoms with Crippen molar-refractivity contribution in [1.29, 1.82) is 0 Å². The fourth-order valence-corrected chi connectivity index (χ4v) is 1.30. The Kier molecular flexibility index (Phi) is 2.18. The third kappa shape index (κ3) is 1.74. The molecule has 0 aliphatic heterocycles. The highest BCUT2D eigenvalue weighted by Crippen LogP contribution is 2.06. The van der Waals surface area contributed by atoms with Gasteiger partial charge in [-0.05, 0) is 25.1 Å². The van der Waals surface area contributed by atoms with Crippen molar-refractivity contribution in [3.63, 3.8) is 0 Å². The summed E-state index contributed by atoms with van der Waals surface area (Å²) in [7, 11) is 0. The van der Waals surface area contributed by atoms with Gasteiger partial charge in [0.25, 0.3) is 0 Å². The van der Waals surface area contributed by atoms with Gasteiger partial charge in [0.15, 0.2) is 0 Å². The molecule has 2 aromatic heterocycles. The molecule has 0 atom stereocenters. The summed E-state index contributed by atoms with van der Waals surface area (Å²) in [5, 5.41) is 4.18. The average Bonchev–Trinajstić information content (AvgIpc) is 2.52. The zero-order valence-electron chi connectivity index (χ0n) is 8.01. The number of hydrogen-bond donors (Lipinski definition) is 1. The van der Waals surface area contributed by atoms with Gasteiger partial charge in [0.2, 0.25) is 0 Å². The van der Waals surface area contributed by atoms with Crippen molar-refractivity contribution < 1.29 is 0 Å². The minimum absolute atomic E-state index is 0.671. The van der Waals surface area contributed by atoms with E-state index in [0.717, 1.165) is 17.1 Å². The van der Waals surface area contributed by atoms with E-state index in [1.54, 1.807) is 18.5 Å². The highest BCUT2D eigenvalue weighted by atomic mass is 15.3. The fraction of sp³-hybridized carbons (Fsp3) is 0.200. The first-order chi connectivity index (χ1) is 6.75. The highest BCUT2D eigenvalue weighted by Gasteiger charge is 1.99. The molecule has 4 nitrogen and oxygen atoms in total. The average molecular weight is 188 g/mol. The van der Waals surface area contributed by atoms with Gasteiger partial charge in [-0.2, -0.15) is 5.10 Å². The molecule has 0 saturated heterocycles. The number of pyridine rings is 1. The van der Waals surface area contributed by atoms with Crippen molar-refractivity contribution in [1.82, 2.24) is 14.8 Å². The SMILES string of the molecule is Cc1ccnn1Cc1cc(N)ccn1. The number of nitrogen functional groups attached to an aromatic ring is 1. The second kappa shape index (κ2) is 3.49. The van der Waals surface area contributed by atoms with Crippen LogP contribution in [-0.2, 0) is 6.54 Å². The Hall–Kier alpha value is -1.84. The topological polar surface area (TPSA) is 56.7 Å². The largest absolute Gasteiger partial charge is 0.399 e. The van der Waals surface area contributed by atoms with Crippen molar-refractivity contribution in [2.24, 2.45) is 0 Å². The number of anilines is 1. The van der Waals surface area contributed by atoms with Gasteiger partial charge in [-0.25, -0.2) is 0 Å². The third-order valence-electron chi connectivity index (χ3n) is 2.08. The molecule has 14 heavy (non-hydrogen) atoms. The fourth-order valence-electron chi connectivity index (χ4n) is 1.30. The van der Waals surface area contributed by atoms with E-state index in [2.05, 4.69) is 10.1 Å². The molecule has 4 heteroatoms. The molecule has 0 fully saturated rings. The minimum atomic E-state index is 0.671. The summed E-state index contributed by atoms with van der Waals surface area (Å²) in [6.45, 7) is 2.68. The van der Waals surface area contributed by atoms with E-state index >= 15 is 0 Å². The molecule has 0 aliphatic rings. The summed E-state index contributed by atoms with van der Waals surface area (Å²) in [6.07, 6.45) is 3.49. The smallest absolute Gasteiger partial charge is 0.0835 e. The molecule has 0 aromatic carbocycles. The van der Waals surface area contributed by atoms with Crippen molar-refractivity contribution in [2.75, 3.05) is 5.73 Å². The lowest BCUT2D eigenvalue weighted by Crippen LogP contribution is -2.05. The molecule has 2 heterocycles. The quantitative estimate of drug-likeness (QED) is 0.770. The Bertz CT molecular complexity index is 433. The normalized spacial score (nSPS) is 10.4. The molecule has 0 bridgehead atoms. The van der Waals surface area contributed by atoms with Crippen LogP contribution in [0.1, 0.15) is 11.4 Å². The zero-order chi connectivity index (χ0) is 9.97. The Morgan fingerprint density at radius 1 is 1.36 bits per heavy atom. The van der Waals surface area contributed by atoms with E-state index in [9.17, 15) is 0 Å². The number of nitrogens with zero attached hydrogens (tertiary/aromatic N) is 3. The van der Waals surface area contributed by atoms with E-state index in [1.807, 2.05) is 23.7 Å². The minimum Gasteiger partial charge on any atom is -0.399 e. The summed E-state index contributed by atoms with van der Waals surface area (Å²) in [5.74, 6) is 0. The van der Waals surface area contributed by atoms with Crippen molar-refractivity contribution in [3.05, 3.63) is 42.0 Å². The number of hydrogen-bond acceptors (Lipinski definition) is 3. The van der Waals surface area contributed by atoms with Crippen molar-refractivity contribution in [3.8, 4) is 0 Å². The van der Waals surface area contributed by atoms with Crippen LogP contribution in [0, 0.1) is 6.92 Å². The Labute approximate surface area is 82.4 Å². The zero-order valence-corrected chi connectivity index (χ0v) is 8.01. The van der Waals surface area contributed by atoms with Crippen LogP contribution in [0.25, 0.3) is 0 Å². The van der Waals surface area contributed by atoms with Crippen LogP contribution in [0.5, 0.6) is 0 Å². The van der Waals surface area contributed by atoms with Crippen LogP contribution in [-0.4, -0.2) is 14.8 Å². The summed E-state index contributed by atoms with van der Waals surface area (Å²) >= 11 is 0. The van der Waals surface area contributed by atoms with Gasteiger partial charge in [0, 0.05) is 23.8 Å². The molecule has 0 spiro atoms. The molecule has 0 amide bonds. The van der Waals surface area contributed by atoms with Gasteiger partial charge >= 0.3 is 0 Å². The second-order valence-corrected chi connectivity index (χ2v) is 3.21. The van der Waals surface area contributed by atoms with E-state index in [-0.39, 0.29) is 0 Å². The van der Waals surface area contributed by atoms with Gasteiger partial charge in [-0.15, -0.1) is 0 Å². The third-order valence-corrected chi connectivity index (χ3v) is 2.08. The first-order valence-electron chi connectivity index (χ1n) is 4.44. The number of aryl methyl sites for hydroxylation is 1. The van der Waals surface area contributed by atoms with E-state index in [4.69, 9.17) is 5.73 Å². The Morgan fingerprint density at radius 3 is 2.86 bits per heavy atom. The number of aromatic nitrogens is 3. The summed E-state index contributed by atoms with van der Waals surface area (Å²) < 4.78 is 1.89. The van der Waals surface area contributed by atoms with E-state index in [1.165, 1.54) is 0 Å². The first kappa shape index (κ1) is 8.74. The van der Waals surface area contributed by atoms with E-state index < -0.39 is 0 Å². The van der Waals surface area contributed by atoms with Crippen molar-refractivity contribution >= 4 is 5.69 Å². The second-order valence-electron chi connectivity index (χ2n) is 3.21. The molecule has 2 aromatic rings. The lowest BCUT2D eigenvalue weighted by Gasteiger charge is -2.03. The molecule has 2 rings (SSSR count). The van der Waals surface area contributed by atoms with Gasteiger partial charge in [-0.1, -0.05) is 0 Å². The van der Waals surface area contributed by atoms with Gasteiger partial charge < -0.3 is 5.73 Å². The van der Waals surface area contributed by atoms with Crippen LogP contribution >= 0.6 is 0 Å². The van der Waals surface area contributed by atoms with Crippen LogP contribution in [0.15, 0.2) is 30.6 Å². The number of nitrogens with two attached hydrogens (primary N) is 1. The monoisotopic (exact) mass is 188 g/mol. The lowest BCUT2D eigenvalue weighted by atomic mass is 10.3. The lowest BCUT2D eigenvalue weighted by molar-refractivity contribution is 0.653. The molecule has 72 valence electrons. The Morgan fingerprint density at radius 2 is 2.21 bits per heavy atom. The van der Waals surface area contributed by atoms with Gasteiger partial charge in [0.05, 0.1) is 12.2 Å². The van der Waals surface area contributed by atoms with Gasteiger partial charge in [0.1, 0.15) is 0 Å². The van der Waals surface area contributed by atoms with Gasteiger partial charge in [-0.3, -0.25) is 9.67 Å². The summed E-state index contributed by atoms with van der Waals surface area (Å²) in [4.78, 5) is 4.21. The van der Waals surface area contributed by atoms with Crippen LogP contribution in [0.3, 0.4) is 0 Å². The maximum Gasteiger partial charge on any atom is 0.0835 e. The Balaban J connectivity index is 2.23. The molecule has 0 unspecified atom stereocenters. The van der Waals surface area contributed by atoms with Crippen LogP contribution < -0.4 is 5.73 Å². The number of rotatable bonds is 2. The maximum absolute atomic E-state index is 5.66. The molecular formula is C10H12N4. The molecular weight excluding hydrogens is 176 g/mol. The van der Waals surface area contributed by atoms with Crippen molar-refractivity contribution in [2.45, 2.75) is 13.5 Å². The van der Waals surface area contributed by atoms with Crippen LogP contribution in [0.2, 0.25) is 0 Å². The van der Waals surface area contributed by atoms with Crippen LogP contribution in [0.4, 0.5) is 5.69 Å². The predicted molar refractivity (Wildman–Crippen MR) is 54.7 cm³/mol. The highest BCUT2D eigenvalue weighted by molar-refractivity contribution is 5.37. The molecule has 0 radical (unpaired) electrons. The predicted octanol–water partition coefficient (Wildman–Crippen LogP) is 1.22. The first-order valence-corrected chi connectivity index (χ1v) is 4.44. The molecule has 0 aliphatic carbocycles. The summed E-state index contributed by atoms with van der Waals surface area (Å²) in [6, 6.07) is 5.60. The van der Waals surface area contributed by atoms with E-state index in [0.29, 0.717) is 6.54 Å². The summed E-state index contributed by atoms with van der Waals surface area (Å²) in [5.41, 5.74) is 8.44. The standard InChI is InChI=1S/C10H12N4/c1-8-2-5-13-14(8)7-10-6-9(11)3-4-12-10/h2-6H,7H2,1H3,(H2,11,12). The molecule has 2 N–H and O–H groups in total. The molecule has 0 saturated carbocycles.